The quantitative estimate of drug-likeness (QED) is 0.485. The Morgan fingerprint density at radius 3 is 2.32 bits per heavy atom. The molecule has 5 heteroatoms. The van der Waals surface area contributed by atoms with Crippen LogP contribution < -0.4 is 0 Å². The lowest BCUT2D eigenvalue weighted by atomic mass is 9.77. The SMILES string of the molecule is CCCC1CCC(c2ccc(-c3ccc(C(F)(F)F)s3)c(F)c2)CC1. The van der Waals surface area contributed by atoms with Crippen LogP contribution in [0.25, 0.3) is 10.4 Å². The van der Waals surface area contributed by atoms with E-state index < -0.39 is 16.9 Å². The number of hydrogen-bond acceptors (Lipinski definition) is 1. The maximum absolute atomic E-state index is 14.5. The molecule has 0 amide bonds. The van der Waals surface area contributed by atoms with Gasteiger partial charge >= 0.3 is 6.18 Å². The Labute approximate surface area is 149 Å². The van der Waals surface area contributed by atoms with Crippen LogP contribution in [0.3, 0.4) is 0 Å². The van der Waals surface area contributed by atoms with Gasteiger partial charge in [0.25, 0.3) is 0 Å². The summed E-state index contributed by atoms with van der Waals surface area (Å²) >= 11 is 0.589. The van der Waals surface area contributed by atoms with Crippen LogP contribution in [0.4, 0.5) is 17.6 Å². The zero-order valence-electron chi connectivity index (χ0n) is 14.2. The van der Waals surface area contributed by atoms with E-state index >= 15 is 0 Å². The van der Waals surface area contributed by atoms with Crippen LogP contribution in [-0.2, 0) is 6.18 Å². The van der Waals surface area contributed by atoms with E-state index in [4.69, 9.17) is 0 Å². The highest BCUT2D eigenvalue weighted by atomic mass is 32.1. The van der Waals surface area contributed by atoms with Crippen molar-refractivity contribution in [3.63, 3.8) is 0 Å². The van der Waals surface area contributed by atoms with E-state index in [1.54, 1.807) is 6.07 Å². The van der Waals surface area contributed by atoms with Crippen molar-refractivity contribution in [2.24, 2.45) is 5.92 Å². The smallest absolute Gasteiger partial charge is 0.206 e. The van der Waals surface area contributed by atoms with E-state index in [0.29, 0.717) is 22.1 Å². The number of hydrogen-bond donors (Lipinski definition) is 0. The Morgan fingerprint density at radius 2 is 1.76 bits per heavy atom. The van der Waals surface area contributed by atoms with Gasteiger partial charge < -0.3 is 0 Å². The van der Waals surface area contributed by atoms with Crippen LogP contribution in [0.5, 0.6) is 0 Å². The van der Waals surface area contributed by atoms with E-state index in [9.17, 15) is 17.6 Å². The highest BCUT2D eigenvalue weighted by Gasteiger charge is 2.32. The standard InChI is InChI=1S/C20H22F4S/c1-2-3-13-4-6-14(7-5-13)15-8-9-16(17(21)12-15)18-10-11-19(25-18)20(22,23)24/h8-14H,2-7H2,1H3. The van der Waals surface area contributed by atoms with Gasteiger partial charge in [0.05, 0.1) is 0 Å². The summed E-state index contributed by atoms with van der Waals surface area (Å²) < 4.78 is 52.7. The average Bonchev–Trinajstić information content (AvgIpc) is 3.06. The normalized spacial score (nSPS) is 21.5. The number of rotatable bonds is 4. The van der Waals surface area contributed by atoms with E-state index in [0.717, 1.165) is 30.4 Å². The van der Waals surface area contributed by atoms with Crippen LogP contribution >= 0.6 is 11.3 Å². The van der Waals surface area contributed by atoms with Crippen molar-refractivity contribution in [3.8, 4) is 10.4 Å². The Balaban J connectivity index is 1.74. The van der Waals surface area contributed by atoms with E-state index in [1.807, 2.05) is 6.07 Å². The van der Waals surface area contributed by atoms with Crippen molar-refractivity contribution in [2.45, 2.75) is 57.5 Å². The fourth-order valence-electron chi connectivity index (χ4n) is 3.81. The Kier molecular flexibility index (Phi) is 5.52. The summed E-state index contributed by atoms with van der Waals surface area (Å²) in [5, 5.41) is 0. The van der Waals surface area contributed by atoms with Gasteiger partial charge in [-0.3, -0.25) is 0 Å². The topological polar surface area (TPSA) is 0 Å². The molecule has 0 N–H and O–H groups in total. The van der Waals surface area contributed by atoms with Crippen molar-refractivity contribution in [3.05, 3.63) is 46.6 Å². The summed E-state index contributed by atoms with van der Waals surface area (Å²) in [4.78, 5) is -0.372. The number of thiophene rings is 1. The third-order valence-electron chi connectivity index (χ3n) is 5.16. The first-order valence-corrected chi connectivity index (χ1v) is 9.67. The predicted octanol–water partition coefficient (Wildman–Crippen LogP) is 7.65. The van der Waals surface area contributed by atoms with Gasteiger partial charge in [-0.25, -0.2) is 4.39 Å². The van der Waals surface area contributed by atoms with Crippen LogP contribution in [0.2, 0.25) is 0 Å². The van der Waals surface area contributed by atoms with Crippen molar-refractivity contribution in [1.29, 1.82) is 0 Å². The molecule has 25 heavy (non-hydrogen) atoms. The summed E-state index contributed by atoms with van der Waals surface area (Å²) in [6, 6.07) is 7.40. The summed E-state index contributed by atoms with van der Waals surface area (Å²) in [5.74, 6) is 0.728. The second-order valence-corrected chi connectivity index (χ2v) is 7.99. The lowest BCUT2D eigenvalue weighted by molar-refractivity contribution is -0.134. The minimum absolute atomic E-state index is 0.254. The lowest BCUT2D eigenvalue weighted by Gasteiger charge is -2.28. The van der Waals surface area contributed by atoms with E-state index in [2.05, 4.69) is 6.92 Å². The number of alkyl halides is 3. The molecule has 136 valence electrons. The molecule has 3 rings (SSSR count). The van der Waals surface area contributed by atoms with E-state index in [1.165, 1.54) is 37.8 Å². The van der Waals surface area contributed by atoms with Gasteiger partial charge in [0.1, 0.15) is 10.7 Å². The van der Waals surface area contributed by atoms with Gasteiger partial charge in [-0.2, -0.15) is 13.2 Å². The molecule has 0 nitrogen and oxygen atoms in total. The third kappa shape index (κ3) is 4.25. The first kappa shape index (κ1) is 18.4. The molecule has 1 aliphatic carbocycles. The Bertz CT molecular complexity index is 709. The monoisotopic (exact) mass is 370 g/mol. The molecule has 0 bridgehead atoms. The molecular formula is C20H22F4S. The molecule has 1 fully saturated rings. The first-order valence-electron chi connectivity index (χ1n) is 8.85. The Morgan fingerprint density at radius 1 is 1.04 bits per heavy atom. The maximum Gasteiger partial charge on any atom is 0.425 e. The molecule has 1 aromatic heterocycles. The molecule has 0 aliphatic heterocycles. The first-order chi connectivity index (χ1) is 11.9. The lowest BCUT2D eigenvalue weighted by Crippen LogP contribution is -2.13. The molecule has 1 saturated carbocycles. The third-order valence-corrected chi connectivity index (χ3v) is 6.32. The summed E-state index contributed by atoms with van der Waals surface area (Å²) in [5.41, 5.74) is 1.23. The largest absolute Gasteiger partial charge is 0.425 e. The van der Waals surface area contributed by atoms with Crippen molar-refractivity contribution in [2.75, 3.05) is 0 Å². The maximum atomic E-state index is 14.5. The molecule has 0 atom stereocenters. The molecule has 0 unspecified atom stereocenters. The summed E-state index contributed by atoms with van der Waals surface area (Å²) in [6.45, 7) is 2.20. The fraction of sp³-hybridized carbons (Fsp3) is 0.500. The molecule has 1 aliphatic rings. The highest BCUT2D eigenvalue weighted by Crippen LogP contribution is 2.41. The number of benzene rings is 1. The summed E-state index contributed by atoms with van der Waals surface area (Å²) in [6.07, 6.45) is 2.60. The van der Waals surface area contributed by atoms with Crippen LogP contribution in [0.1, 0.15) is 61.8 Å². The number of halogens is 4. The molecular weight excluding hydrogens is 348 g/mol. The van der Waals surface area contributed by atoms with Crippen LogP contribution in [0.15, 0.2) is 30.3 Å². The minimum atomic E-state index is -4.38. The molecule has 1 aromatic carbocycles. The zero-order chi connectivity index (χ0) is 18.0. The van der Waals surface area contributed by atoms with Gasteiger partial charge in [0.15, 0.2) is 0 Å². The van der Waals surface area contributed by atoms with Gasteiger partial charge in [-0.15, -0.1) is 11.3 Å². The van der Waals surface area contributed by atoms with Gasteiger partial charge in [0, 0.05) is 10.4 Å². The molecule has 1 heterocycles. The van der Waals surface area contributed by atoms with E-state index in [-0.39, 0.29) is 5.56 Å². The van der Waals surface area contributed by atoms with Crippen molar-refractivity contribution in [1.82, 2.24) is 0 Å². The molecule has 0 saturated heterocycles. The van der Waals surface area contributed by atoms with Gasteiger partial charge in [-0.05, 0) is 61.3 Å². The fourth-order valence-corrected chi connectivity index (χ4v) is 4.71. The second kappa shape index (κ2) is 7.48. The van der Waals surface area contributed by atoms with Crippen LogP contribution in [-0.4, -0.2) is 0 Å². The summed E-state index contributed by atoms with van der Waals surface area (Å²) in [7, 11) is 0. The van der Waals surface area contributed by atoms with Crippen LogP contribution in [0, 0.1) is 11.7 Å². The average molecular weight is 370 g/mol. The zero-order valence-corrected chi connectivity index (χ0v) is 15.0. The highest BCUT2D eigenvalue weighted by molar-refractivity contribution is 7.15. The predicted molar refractivity (Wildman–Crippen MR) is 94.3 cm³/mol. The van der Waals surface area contributed by atoms with Crippen molar-refractivity contribution < 1.29 is 17.6 Å². The molecule has 0 spiro atoms. The Hall–Kier alpha value is -1.36. The van der Waals surface area contributed by atoms with Gasteiger partial charge in [0.2, 0.25) is 0 Å². The minimum Gasteiger partial charge on any atom is -0.206 e. The molecule has 0 radical (unpaired) electrons. The van der Waals surface area contributed by atoms with Gasteiger partial charge in [-0.1, -0.05) is 31.9 Å². The molecule has 2 aromatic rings. The van der Waals surface area contributed by atoms with Crippen molar-refractivity contribution >= 4 is 11.3 Å². The second-order valence-electron chi connectivity index (χ2n) is 6.91.